The molecule has 0 fully saturated rings. The van der Waals surface area contributed by atoms with Gasteiger partial charge in [-0.05, 0) is 18.6 Å². The lowest BCUT2D eigenvalue weighted by Gasteiger charge is -2.11. The van der Waals surface area contributed by atoms with Gasteiger partial charge in [-0.25, -0.2) is 0 Å². The highest BCUT2D eigenvalue weighted by Gasteiger charge is 1.93. The maximum atomic E-state index is 4.29. The summed E-state index contributed by atoms with van der Waals surface area (Å²) in [5.41, 5.74) is 1.12. The summed E-state index contributed by atoms with van der Waals surface area (Å²) in [5, 5.41) is 6.18. The molecule has 0 aliphatic carbocycles. The predicted molar refractivity (Wildman–Crippen MR) is 58.2 cm³/mol. The van der Waals surface area contributed by atoms with Gasteiger partial charge in [0.1, 0.15) is 0 Å². The fourth-order valence-corrected chi connectivity index (χ4v) is 1.02. The second-order valence-corrected chi connectivity index (χ2v) is 2.95. The number of anilines is 1. The average molecular weight is 176 g/mol. The molecule has 0 N–H and O–H groups in total. The summed E-state index contributed by atoms with van der Waals surface area (Å²) in [6, 6.07) is 10.1. The van der Waals surface area contributed by atoms with Crippen molar-refractivity contribution < 1.29 is 0 Å². The van der Waals surface area contributed by atoms with Crippen LogP contribution in [-0.4, -0.2) is 13.3 Å². The first-order chi connectivity index (χ1) is 6.34. The molecule has 0 aliphatic rings. The van der Waals surface area contributed by atoms with Crippen molar-refractivity contribution in [3.63, 3.8) is 0 Å². The van der Waals surface area contributed by atoms with Gasteiger partial charge in [0.05, 0.1) is 5.69 Å². The Morgan fingerprint density at radius 1 is 1.31 bits per heavy atom. The Balaban J connectivity index is 2.53. The maximum Gasteiger partial charge on any atom is 0.0590 e. The van der Waals surface area contributed by atoms with Gasteiger partial charge in [0.15, 0.2) is 0 Å². The van der Waals surface area contributed by atoms with Gasteiger partial charge in [0.2, 0.25) is 0 Å². The van der Waals surface area contributed by atoms with Gasteiger partial charge in [0, 0.05) is 13.3 Å². The minimum Gasteiger partial charge on any atom is -0.269 e. The van der Waals surface area contributed by atoms with Crippen molar-refractivity contribution in [2.45, 2.75) is 19.8 Å². The lowest BCUT2D eigenvalue weighted by molar-refractivity contribution is 0.969. The Hall–Kier alpha value is -1.31. The minimum atomic E-state index is 1.04. The third kappa shape index (κ3) is 3.28. The molecule has 1 aromatic carbocycles. The van der Waals surface area contributed by atoms with Gasteiger partial charge in [0.25, 0.3) is 0 Å². The van der Waals surface area contributed by atoms with E-state index in [0.717, 1.165) is 18.5 Å². The Labute approximate surface area is 79.9 Å². The van der Waals surface area contributed by atoms with Crippen molar-refractivity contribution in [1.82, 2.24) is 0 Å². The van der Waals surface area contributed by atoms with Crippen LogP contribution < -0.4 is 5.01 Å². The monoisotopic (exact) mass is 176 g/mol. The van der Waals surface area contributed by atoms with Crippen LogP contribution in [0.2, 0.25) is 0 Å². The third-order valence-corrected chi connectivity index (χ3v) is 1.80. The van der Waals surface area contributed by atoms with Crippen molar-refractivity contribution in [3.8, 4) is 0 Å². The van der Waals surface area contributed by atoms with Gasteiger partial charge in [-0.3, -0.25) is 5.01 Å². The van der Waals surface area contributed by atoms with E-state index >= 15 is 0 Å². The molecular weight excluding hydrogens is 160 g/mol. The van der Waals surface area contributed by atoms with Crippen LogP contribution in [0, 0.1) is 0 Å². The minimum absolute atomic E-state index is 1.04. The highest BCUT2D eigenvalue weighted by atomic mass is 15.4. The van der Waals surface area contributed by atoms with Crippen LogP contribution in [0.4, 0.5) is 5.69 Å². The second kappa shape index (κ2) is 5.36. The zero-order valence-corrected chi connectivity index (χ0v) is 8.27. The number of para-hydroxylation sites is 1. The second-order valence-electron chi connectivity index (χ2n) is 2.95. The van der Waals surface area contributed by atoms with E-state index in [4.69, 9.17) is 0 Å². The Bertz CT molecular complexity index is 254. The first-order valence-corrected chi connectivity index (χ1v) is 4.66. The zero-order chi connectivity index (χ0) is 9.52. The molecule has 2 nitrogen and oxygen atoms in total. The smallest absolute Gasteiger partial charge is 0.0590 e. The van der Waals surface area contributed by atoms with Crippen LogP contribution in [0.5, 0.6) is 0 Å². The molecular formula is C11H16N2. The molecule has 0 unspecified atom stereocenters. The molecule has 0 saturated carbocycles. The van der Waals surface area contributed by atoms with Gasteiger partial charge in [-0.15, -0.1) is 0 Å². The molecule has 1 rings (SSSR count). The molecule has 1 aromatic rings. The molecule has 0 amide bonds. The van der Waals surface area contributed by atoms with Crippen molar-refractivity contribution in [2.24, 2.45) is 5.10 Å². The van der Waals surface area contributed by atoms with E-state index in [2.05, 4.69) is 12.0 Å². The van der Waals surface area contributed by atoms with Crippen LogP contribution in [0.25, 0.3) is 0 Å². The fourth-order valence-electron chi connectivity index (χ4n) is 1.02. The van der Waals surface area contributed by atoms with E-state index < -0.39 is 0 Å². The highest BCUT2D eigenvalue weighted by molar-refractivity contribution is 5.59. The summed E-state index contributed by atoms with van der Waals surface area (Å²) in [6.07, 6.45) is 4.14. The largest absolute Gasteiger partial charge is 0.269 e. The average Bonchev–Trinajstić information content (AvgIpc) is 2.19. The van der Waals surface area contributed by atoms with E-state index in [-0.39, 0.29) is 0 Å². The Morgan fingerprint density at radius 2 is 2.00 bits per heavy atom. The van der Waals surface area contributed by atoms with E-state index in [1.165, 1.54) is 0 Å². The molecule has 0 spiro atoms. The van der Waals surface area contributed by atoms with Crippen LogP contribution in [0.15, 0.2) is 35.4 Å². The van der Waals surface area contributed by atoms with Crippen LogP contribution in [0.1, 0.15) is 19.8 Å². The summed E-state index contributed by atoms with van der Waals surface area (Å²) in [4.78, 5) is 0. The molecule has 0 saturated heterocycles. The topological polar surface area (TPSA) is 15.6 Å². The number of unbranched alkanes of at least 4 members (excludes halogenated alkanes) is 1. The highest BCUT2D eigenvalue weighted by Crippen LogP contribution is 2.10. The van der Waals surface area contributed by atoms with Gasteiger partial charge in [-0.2, -0.15) is 5.10 Å². The van der Waals surface area contributed by atoms with Gasteiger partial charge < -0.3 is 0 Å². The summed E-state index contributed by atoms with van der Waals surface area (Å²) >= 11 is 0. The van der Waals surface area contributed by atoms with Gasteiger partial charge in [-0.1, -0.05) is 31.5 Å². The Morgan fingerprint density at radius 3 is 2.62 bits per heavy atom. The number of hydrogen-bond acceptors (Lipinski definition) is 2. The maximum absolute atomic E-state index is 4.29. The molecule has 0 atom stereocenters. The molecule has 13 heavy (non-hydrogen) atoms. The van der Waals surface area contributed by atoms with Crippen LogP contribution in [0.3, 0.4) is 0 Å². The quantitative estimate of drug-likeness (QED) is 0.508. The molecule has 0 aromatic heterocycles. The van der Waals surface area contributed by atoms with Crippen molar-refractivity contribution in [2.75, 3.05) is 12.1 Å². The summed E-state index contributed by atoms with van der Waals surface area (Å²) < 4.78 is 0. The lowest BCUT2D eigenvalue weighted by atomic mass is 10.3. The van der Waals surface area contributed by atoms with Crippen molar-refractivity contribution >= 4 is 11.9 Å². The lowest BCUT2D eigenvalue weighted by Crippen LogP contribution is -2.08. The van der Waals surface area contributed by atoms with Crippen LogP contribution in [-0.2, 0) is 0 Å². The standard InChI is InChI=1S/C11H16N2/c1-3-4-10-12-13(2)11-8-6-5-7-9-11/h5-10H,3-4H2,1-2H3/b12-10+. The zero-order valence-electron chi connectivity index (χ0n) is 8.27. The molecule has 2 heteroatoms. The van der Waals surface area contributed by atoms with E-state index in [0.29, 0.717) is 0 Å². The number of nitrogens with zero attached hydrogens (tertiary/aromatic N) is 2. The normalized spacial score (nSPS) is 10.6. The number of hydrazone groups is 1. The molecule has 0 bridgehead atoms. The van der Waals surface area contributed by atoms with E-state index in [1.807, 2.05) is 48.6 Å². The van der Waals surface area contributed by atoms with E-state index in [9.17, 15) is 0 Å². The number of benzene rings is 1. The van der Waals surface area contributed by atoms with Crippen molar-refractivity contribution in [3.05, 3.63) is 30.3 Å². The summed E-state index contributed by atoms with van der Waals surface area (Å²) in [6.45, 7) is 2.15. The fraction of sp³-hybridized carbons (Fsp3) is 0.364. The SMILES string of the molecule is CCC/C=N/N(C)c1ccccc1. The molecule has 0 aliphatic heterocycles. The summed E-state index contributed by atoms with van der Waals surface area (Å²) in [5.74, 6) is 0. The molecule has 70 valence electrons. The summed E-state index contributed by atoms with van der Waals surface area (Å²) in [7, 11) is 1.96. The first-order valence-electron chi connectivity index (χ1n) is 4.66. The van der Waals surface area contributed by atoms with Crippen LogP contribution >= 0.6 is 0 Å². The van der Waals surface area contributed by atoms with Crippen molar-refractivity contribution in [1.29, 1.82) is 0 Å². The third-order valence-electron chi connectivity index (χ3n) is 1.80. The predicted octanol–water partition coefficient (Wildman–Crippen LogP) is 2.91. The molecule has 0 radical (unpaired) electrons. The number of rotatable bonds is 4. The molecule has 0 heterocycles. The number of hydrogen-bond donors (Lipinski definition) is 0. The Kier molecular flexibility index (Phi) is 4.03. The first kappa shape index (κ1) is 9.78. The van der Waals surface area contributed by atoms with E-state index in [1.54, 1.807) is 0 Å². The van der Waals surface area contributed by atoms with Gasteiger partial charge >= 0.3 is 0 Å².